The zero-order valence-corrected chi connectivity index (χ0v) is 14.6. The SMILES string of the molecule is COC(C[C@H](/C=C/S(=O)(=O)c1ccccc1)c1ccccc1)OC. The zero-order valence-electron chi connectivity index (χ0n) is 13.8. The summed E-state index contributed by atoms with van der Waals surface area (Å²) in [5.74, 6) is -0.130. The third kappa shape index (κ3) is 5.03. The summed E-state index contributed by atoms with van der Waals surface area (Å²) in [7, 11) is -0.335. The molecule has 0 aromatic heterocycles. The lowest BCUT2D eigenvalue weighted by atomic mass is 9.96. The molecule has 0 aliphatic carbocycles. The second-order valence-electron chi connectivity index (χ2n) is 5.34. The van der Waals surface area contributed by atoms with Gasteiger partial charge in [-0.2, -0.15) is 0 Å². The second kappa shape index (κ2) is 8.78. The first-order valence-corrected chi connectivity index (χ1v) is 9.20. The van der Waals surface area contributed by atoms with E-state index in [-0.39, 0.29) is 10.8 Å². The number of methoxy groups -OCH3 is 2. The first-order valence-electron chi connectivity index (χ1n) is 7.65. The highest BCUT2D eigenvalue weighted by Crippen LogP contribution is 2.25. The molecule has 2 aromatic rings. The molecule has 24 heavy (non-hydrogen) atoms. The summed E-state index contributed by atoms with van der Waals surface area (Å²) in [5.41, 5.74) is 1.01. The van der Waals surface area contributed by atoms with Gasteiger partial charge in [0.05, 0.1) is 4.90 Å². The number of hydrogen-bond donors (Lipinski definition) is 0. The van der Waals surface area contributed by atoms with Gasteiger partial charge in [-0.15, -0.1) is 0 Å². The molecule has 0 unspecified atom stereocenters. The molecule has 0 radical (unpaired) electrons. The van der Waals surface area contributed by atoms with Crippen LogP contribution in [0.4, 0.5) is 0 Å². The summed E-state index contributed by atoms with van der Waals surface area (Å²) in [6.45, 7) is 0. The minimum Gasteiger partial charge on any atom is -0.356 e. The summed E-state index contributed by atoms with van der Waals surface area (Å²) >= 11 is 0. The molecule has 0 amide bonds. The molecular weight excluding hydrogens is 324 g/mol. The molecule has 5 heteroatoms. The van der Waals surface area contributed by atoms with Gasteiger partial charge in [-0.05, 0) is 17.7 Å². The predicted molar refractivity (Wildman–Crippen MR) is 94.4 cm³/mol. The van der Waals surface area contributed by atoms with Crippen LogP contribution in [0.1, 0.15) is 17.9 Å². The van der Waals surface area contributed by atoms with E-state index in [0.29, 0.717) is 6.42 Å². The van der Waals surface area contributed by atoms with Crippen molar-refractivity contribution in [2.45, 2.75) is 23.5 Å². The lowest BCUT2D eigenvalue weighted by Crippen LogP contribution is -2.16. The Morgan fingerprint density at radius 1 is 0.917 bits per heavy atom. The van der Waals surface area contributed by atoms with E-state index in [1.165, 1.54) is 5.41 Å². The van der Waals surface area contributed by atoms with Crippen LogP contribution in [0.25, 0.3) is 0 Å². The summed E-state index contributed by atoms with van der Waals surface area (Å²) in [4.78, 5) is 0.281. The zero-order chi connectivity index (χ0) is 17.4. The monoisotopic (exact) mass is 346 g/mol. The number of ether oxygens (including phenoxy) is 2. The van der Waals surface area contributed by atoms with Crippen LogP contribution in [0.15, 0.2) is 77.0 Å². The fraction of sp³-hybridized carbons (Fsp3) is 0.263. The van der Waals surface area contributed by atoms with Crippen LogP contribution in [0, 0.1) is 0 Å². The molecule has 0 spiro atoms. The topological polar surface area (TPSA) is 52.6 Å². The molecule has 4 nitrogen and oxygen atoms in total. The van der Waals surface area contributed by atoms with Gasteiger partial charge in [0.2, 0.25) is 0 Å². The van der Waals surface area contributed by atoms with Gasteiger partial charge in [-0.25, -0.2) is 8.42 Å². The van der Waals surface area contributed by atoms with Gasteiger partial charge in [0.15, 0.2) is 16.1 Å². The Morgan fingerprint density at radius 3 is 2.00 bits per heavy atom. The molecule has 2 rings (SSSR count). The minimum atomic E-state index is -3.47. The van der Waals surface area contributed by atoms with Crippen molar-refractivity contribution in [1.29, 1.82) is 0 Å². The van der Waals surface area contributed by atoms with E-state index in [1.807, 2.05) is 30.3 Å². The van der Waals surface area contributed by atoms with Crippen LogP contribution in [0.3, 0.4) is 0 Å². The van der Waals surface area contributed by atoms with Gasteiger partial charge in [0.1, 0.15) is 0 Å². The smallest absolute Gasteiger partial charge is 0.199 e. The summed E-state index contributed by atoms with van der Waals surface area (Å²) in [6.07, 6.45) is 1.82. The van der Waals surface area contributed by atoms with Crippen molar-refractivity contribution in [3.05, 3.63) is 77.7 Å². The average Bonchev–Trinajstić information content (AvgIpc) is 2.63. The quantitative estimate of drug-likeness (QED) is 0.683. The lowest BCUT2D eigenvalue weighted by Gasteiger charge is -2.19. The standard InChI is InChI=1S/C19H22O4S/c1-22-19(23-2)15-17(16-9-5-3-6-10-16)13-14-24(20,21)18-11-7-4-8-12-18/h3-14,17,19H,15H2,1-2H3/b14-13+/t17-/m0/s1. The average molecular weight is 346 g/mol. The Hall–Kier alpha value is -1.95. The highest BCUT2D eigenvalue weighted by Gasteiger charge is 2.17. The molecule has 0 saturated carbocycles. The van der Waals surface area contributed by atoms with Crippen molar-refractivity contribution >= 4 is 9.84 Å². The van der Waals surface area contributed by atoms with Crippen molar-refractivity contribution in [1.82, 2.24) is 0 Å². The molecule has 2 aromatic carbocycles. The Kier molecular flexibility index (Phi) is 6.73. The number of hydrogen-bond acceptors (Lipinski definition) is 4. The molecule has 0 heterocycles. The van der Waals surface area contributed by atoms with Crippen molar-refractivity contribution in [3.63, 3.8) is 0 Å². The maximum atomic E-state index is 12.4. The van der Waals surface area contributed by atoms with E-state index in [0.717, 1.165) is 5.56 Å². The normalized spacial score (nSPS) is 13.5. The van der Waals surface area contributed by atoms with Crippen LogP contribution >= 0.6 is 0 Å². The van der Waals surface area contributed by atoms with E-state index in [1.54, 1.807) is 50.6 Å². The molecule has 0 aliphatic heterocycles. The first kappa shape index (κ1) is 18.4. The van der Waals surface area contributed by atoms with Gasteiger partial charge in [-0.3, -0.25) is 0 Å². The highest BCUT2D eigenvalue weighted by molar-refractivity contribution is 7.94. The molecule has 128 valence electrons. The molecule has 0 fully saturated rings. The third-order valence-corrected chi connectivity index (χ3v) is 5.21. The van der Waals surface area contributed by atoms with E-state index in [9.17, 15) is 8.42 Å². The highest BCUT2D eigenvalue weighted by atomic mass is 32.2. The van der Waals surface area contributed by atoms with E-state index in [4.69, 9.17) is 9.47 Å². The number of allylic oxidation sites excluding steroid dienone is 1. The largest absolute Gasteiger partial charge is 0.356 e. The van der Waals surface area contributed by atoms with Crippen molar-refractivity contribution in [2.75, 3.05) is 14.2 Å². The van der Waals surface area contributed by atoms with E-state index >= 15 is 0 Å². The fourth-order valence-corrected chi connectivity index (χ4v) is 3.50. The Bertz CT molecular complexity index is 735. The van der Waals surface area contributed by atoms with Crippen LogP contribution in [-0.4, -0.2) is 28.9 Å². The molecule has 0 N–H and O–H groups in total. The van der Waals surface area contributed by atoms with E-state index in [2.05, 4.69) is 0 Å². The maximum Gasteiger partial charge on any atom is 0.199 e. The van der Waals surface area contributed by atoms with E-state index < -0.39 is 16.1 Å². The first-order chi connectivity index (χ1) is 11.6. The van der Waals surface area contributed by atoms with Crippen molar-refractivity contribution in [2.24, 2.45) is 0 Å². The number of sulfone groups is 1. The molecular formula is C19H22O4S. The Labute approximate surface area is 143 Å². The van der Waals surface area contributed by atoms with Crippen LogP contribution < -0.4 is 0 Å². The predicted octanol–water partition coefficient (Wildman–Crippen LogP) is 3.77. The second-order valence-corrected chi connectivity index (χ2v) is 7.17. The summed E-state index contributed by atoms with van der Waals surface area (Å²) in [6, 6.07) is 18.1. The summed E-state index contributed by atoms with van der Waals surface area (Å²) in [5, 5.41) is 1.27. The lowest BCUT2D eigenvalue weighted by molar-refractivity contribution is -0.107. The third-order valence-electron chi connectivity index (χ3n) is 3.76. The Morgan fingerprint density at radius 2 is 1.46 bits per heavy atom. The number of benzene rings is 2. The van der Waals surface area contributed by atoms with Gasteiger partial charge in [0, 0.05) is 32.0 Å². The van der Waals surface area contributed by atoms with Crippen LogP contribution in [0.2, 0.25) is 0 Å². The van der Waals surface area contributed by atoms with Crippen molar-refractivity contribution < 1.29 is 17.9 Å². The molecule has 0 bridgehead atoms. The van der Waals surface area contributed by atoms with Crippen molar-refractivity contribution in [3.8, 4) is 0 Å². The fourth-order valence-electron chi connectivity index (χ4n) is 2.41. The van der Waals surface area contributed by atoms with Crippen LogP contribution in [-0.2, 0) is 19.3 Å². The van der Waals surface area contributed by atoms with Gasteiger partial charge in [0.25, 0.3) is 0 Å². The molecule has 0 saturated heterocycles. The Balaban J connectivity index is 2.28. The molecule has 1 atom stereocenters. The van der Waals surface area contributed by atoms with Gasteiger partial charge in [-0.1, -0.05) is 54.6 Å². The maximum absolute atomic E-state index is 12.4. The van der Waals surface area contributed by atoms with Crippen LogP contribution in [0.5, 0.6) is 0 Å². The number of rotatable bonds is 8. The molecule has 0 aliphatic rings. The van der Waals surface area contributed by atoms with Gasteiger partial charge >= 0.3 is 0 Å². The minimum absolute atomic E-state index is 0.130. The summed E-state index contributed by atoms with van der Waals surface area (Å²) < 4.78 is 35.4. The van der Waals surface area contributed by atoms with Gasteiger partial charge < -0.3 is 9.47 Å².